The van der Waals surface area contributed by atoms with E-state index in [-0.39, 0.29) is 16.8 Å². The van der Waals surface area contributed by atoms with Gasteiger partial charge in [0.1, 0.15) is 5.75 Å². The predicted octanol–water partition coefficient (Wildman–Crippen LogP) is 3.17. The van der Waals surface area contributed by atoms with E-state index < -0.39 is 0 Å². The molecule has 2 bridgehead atoms. The van der Waals surface area contributed by atoms with Crippen LogP contribution < -0.4 is 4.74 Å². The second-order valence-electron chi connectivity index (χ2n) is 5.52. The number of para-hydroxylation sites is 1. The van der Waals surface area contributed by atoms with E-state index in [4.69, 9.17) is 9.47 Å². The zero-order valence-electron chi connectivity index (χ0n) is 10.2. The number of carbonyl (C=O) groups is 1. The fourth-order valence-electron chi connectivity index (χ4n) is 3.38. The van der Waals surface area contributed by atoms with E-state index in [0.717, 1.165) is 29.5 Å². The molecule has 3 nitrogen and oxygen atoms in total. The van der Waals surface area contributed by atoms with E-state index in [0.29, 0.717) is 6.61 Å². The second kappa shape index (κ2) is 3.98. The first-order chi connectivity index (χ1) is 8.59. The smallest absolute Gasteiger partial charge is 0.311 e. The minimum absolute atomic E-state index is 0.0507. The standard InChI is InChI=1S/C14H15BrO3/c1-17-12(16)14-6-13(7-14,8-14)9-18-11-5-3-2-4-10(11)15/h2-5H,6-9H2,1H3. The molecule has 0 aliphatic heterocycles. The quantitative estimate of drug-likeness (QED) is 0.801. The third-order valence-electron chi connectivity index (χ3n) is 4.13. The first kappa shape index (κ1) is 12.0. The lowest BCUT2D eigenvalue weighted by Crippen LogP contribution is -2.67. The highest BCUT2D eigenvalue weighted by atomic mass is 79.9. The molecule has 3 fully saturated rings. The molecule has 0 atom stereocenters. The summed E-state index contributed by atoms with van der Waals surface area (Å²) in [7, 11) is 1.47. The average molecular weight is 311 g/mol. The number of esters is 1. The number of hydrogen-bond acceptors (Lipinski definition) is 3. The second-order valence-corrected chi connectivity index (χ2v) is 6.38. The van der Waals surface area contributed by atoms with Gasteiger partial charge in [0.25, 0.3) is 0 Å². The summed E-state index contributed by atoms with van der Waals surface area (Å²) in [6.07, 6.45) is 2.74. The molecule has 0 aromatic heterocycles. The molecule has 0 radical (unpaired) electrons. The van der Waals surface area contributed by atoms with Crippen LogP contribution in [0.15, 0.2) is 28.7 Å². The number of halogens is 1. The SMILES string of the molecule is COC(=O)C12CC(COc3ccccc3Br)(C1)C2. The van der Waals surface area contributed by atoms with Crippen molar-refractivity contribution >= 4 is 21.9 Å². The molecule has 0 amide bonds. The van der Waals surface area contributed by atoms with Crippen molar-refractivity contribution in [3.8, 4) is 5.75 Å². The summed E-state index contributed by atoms with van der Waals surface area (Å²) in [5.41, 5.74) is 0.0372. The first-order valence-corrected chi connectivity index (χ1v) is 6.84. The third-order valence-corrected chi connectivity index (χ3v) is 4.78. The summed E-state index contributed by atoms with van der Waals surface area (Å²) in [6.45, 7) is 0.689. The van der Waals surface area contributed by atoms with Gasteiger partial charge in [-0.15, -0.1) is 0 Å². The Hall–Kier alpha value is -1.03. The molecular formula is C14H15BrO3. The number of benzene rings is 1. The van der Waals surface area contributed by atoms with Gasteiger partial charge in [0.15, 0.2) is 0 Å². The van der Waals surface area contributed by atoms with Crippen molar-refractivity contribution in [1.82, 2.24) is 0 Å². The lowest BCUT2D eigenvalue weighted by molar-refractivity contribution is -0.233. The molecule has 96 valence electrons. The maximum atomic E-state index is 11.6. The van der Waals surface area contributed by atoms with Crippen molar-refractivity contribution < 1.29 is 14.3 Å². The molecule has 0 spiro atoms. The van der Waals surface area contributed by atoms with Gasteiger partial charge in [0, 0.05) is 5.41 Å². The summed E-state index contributed by atoms with van der Waals surface area (Å²) in [6, 6.07) is 7.83. The summed E-state index contributed by atoms with van der Waals surface area (Å²) in [5, 5.41) is 0. The zero-order chi connectivity index (χ0) is 12.8. The van der Waals surface area contributed by atoms with Gasteiger partial charge in [0.2, 0.25) is 0 Å². The lowest BCUT2D eigenvalue weighted by atomic mass is 9.35. The van der Waals surface area contributed by atoms with Crippen LogP contribution in [0.25, 0.3) is 0 Å². The Labute approximate surface area is 115 Å². The van der Waals surface area contributed by atoms with Gasteiger partial charge in [0.05, 0.1) is 23.6 Å². The van der Waals surface area contributed by atoms with Crippen LogP contribution in [0.4, 0.5) is 0 Å². The molecular weight excluding hydrogens is 296 g/mol. The van der Waals surface area contributed by atoms with E-state index in [1.807, 2.05) is 24.3 Å². The Balaban J connectivity index is 1.56. The monoisotopic (exact) mass is 310 g/mol. The number of methoxy groups -OCH3 is 1. The van der Waals surface area contributed by atoms with Crippen LogP contribution in [0.1, 0.15) is 19.3 Å². The molecule has 0 N–H and O–H groups in total. The van der Waals surface area contributed by atoms with Gasteiger partial charge in [-0.3, -0.25) is 4.79 Å². The molecule has 3 aliphatic carbocycles. The molecule has 1 aromatic rings. The topological polar surface area (TPSA) is 35.5 Å². The first-order valence-electron chi connectivity index (χ1n) is 6.05. The van der Waals surface area contributed by atoms with E-state index in [2.05, 4.69) is 15.9 Å². The third kappa shape index (κ3) is 1.66. The highest BCUT2D eigenvalue weighted by Crippen LogP contribution is 2.73. The van der Waals surface area contributed by atoms with Crippen molar-refractivity contribution in [2.24, 2.45) is 10.8 Å². The van der Waals surface area contributed by atoms with Crippen LogP contribution in [0.5, 0.6) is 5.75 Å². The van der Waals surface area contributed by atoms with E-state index >= 15 is 0 Å². The Kier molecular flexibility index (Phi) is 2.66. The Bertz CT molecular complexity index is 478. The summed E-state index contributed by atoms with van der Waals surface area (Å²) < 4.78 is 11.6. The lowest BCUT2D eigenvalue weighted by Gasteiger charge is -2.68. The maximum absolute atomic E-state index is 11.6. The highest BCUT2D eigenvalue weighted by Gasteiger charge is 2.72. The van der Waals surface area contributed by atoms with E-state index in [9.17, 15) is 4.79 Å². The van der Waals surface area contributed by atoms with Gasteiger partial charge >= 0.3 is 5.97 Å². The maximum Gasteiger partial charge on any atom is 0.311 e. The highest BCUT2D eigenvalue weighted by molar-refractivity contribution is 9.10. The van der Waals surface area contributed by atoms with Crippen molar-refractivity contribution in [3.05, 3.63) is 28.7 Å². The van der Waals surface area contributed by atoms with Crippen LogP contribution in [0.2, 0.25) is 0 Å². The molecule has 1 aromatic carbocycles. The van der Waals surface area contributed by atoms with Gasteiger partial charge < -0.3 is 9.47 Å². The number of hydrogen-bond donors (Lipinski definition) is 0. The summed E-state index contributed by atoms with van der Waals surface area (Å²) >= 11 is 3.46. The minimum Gasteiger partial charge on any atom is -0.492 e. The molecule has 0 unspecified atom stereocenters. The Morgan fingerprint density at radius 3 is 2.61 bits per heavy atom. The largest absolute Gasteiger partial charge is 0.492 e. The molecule has 4 rings (SSSR count). The molecule has 0 heterocycles. The van der Waals surface area contributed by atoms with Crippen molar-refractivity contribution in [1.29, 1.82) is 0 Å². The zero-order valence-corrected chi connectivity index (χ0v) is 11.8. The molecule has 3 saturated carbocycles. The van der Waals surface area contributed by atoms with Gasteiger partial charge in [-0.1, -0.05) is 12.1 Å². The average Bonchev–Trinajstić information content (AvgIpc) is 2.27. The molecule has 4 heteroatoms. The molecule has 18 heavy (non-hydrogen) atoms. The van der Waals surface area contributed by atoms with Gasteiger partial charge in [-0.2, -0.15) is 0 Å². The van der Waals surface area contributed by atoms with Crippen LogP contribution >= 0.6 is 15.9 Å². The number of ether oxygens (including phenoxy) is 2. The van der Waals surface area contributed by atoms with Crippen LogP contribution in [-0.4, -0.2) is 19.7 Å². The fourth-order valence-corrected chi connectivity index (χ4v) is 3.78. The van der Waals surface area contributed by atoms with Crippen LogP contribution in [-0.2, 0) is 9.53 Å². The normalized spacial score (nSPS) is 32.1. The van der Waals surface area contributed by atoms with Crippen molar-refractivity contribution in [3.63, 3.8) is 0 Å². The molecule has 0 saturated heterocycles. The van der Waals surface area contributed by atoms with Gasteiger partial charge in [-0.05, 0) is 47.3 Å². The van der Waals surface area contributed by atoms with E-state index in [1.165, 1.54) is 7.11 Å². The van der Waals surface area contributed by atoms with Crippen LogP contribution in [0, 0.1) is 10.8 Å². The number of carbonyl (C=O) groups excluding carboxylic acids is 1. The van der Waals surface area contributed by atoms with Crippen molar-refractivity contribution in [2.45, 2.75) is 19.3 Å². The van der Waals surface area contributed by atoms with E-state index in [1.54, 1.807) is 0 Å². The summed E-state index contributed by atoms with van der Waals surface area (Å²) in [4.78, 5) is 11.6. The minimum atomic E-state index is -0.175. The van der Waals surface area contributed by atoms with Crippen molar-refractivity contribution in [2.75, 3.05) is 13.7 Å². The Morgan fingerprint density at radius 2 is 2.00 bits per heavy atom. The van der Waals surface area contributed by atoms with Crippen LogP contribution in [0.3, 0.4) is 0 Å². The predicted molar refractivity (Wildman–Crippen MR) is 70.4 cm³/mol. The molecule has 3 aliphatic rings. The summed E-state index contributed by atoms with van der Waals surface area (Å²) in [5.74, 6) is 0.819. The number of rotatable bonds is 4. The Morgan fingerprint density at radius 1 is 1.33 bits per heavy atom. The fraction of sp³-hybridized carbons (Fsp3) is 0.500. The van der Waals surface area contributed by atoms with Gasteiger partial charge in [-0.25, -0.2) is 0 Å².